The zero-order chi connectivity index (χ0) is 16.9. The second-order valence-electron chi connectivity index (χ2n) is 6.08. The van der Waals surface area contributed by atoms with Crippen LogP contribution in [0.2, 0.25) is 0 Å². The van der Waals surface area contributed by atoms with Crippen LogP contribution in [0.5, 0.6) is 5.75 Å². The van der Waals surface area contributed by atoms with E-state index in [9.17, 15) is 9.90 Å². The predicted molar refractivity (Wildman–Crippen MR) is 96.2 cm³/mol. The van der Waals surface area contributed by atoms with Crippen molar-refractivity contribution < 1.29 is 9.90 Å². The van der Waals surface area contributed by atoms with Crippen LogP contribution >= 0.6 is 0 Å². The van der Waals surface area contributed by atoms with Crippen LogP contribution in [0.15, 0.2) is 60.7 Å². The van der Waals surface area contributed by atoms with Crippen molar-refractivity contribution in [2.75, 3.05) is 18.0 Å². The van der Waals surface area contributed by atoms with Gasteiger partial charge in [-0.15, -0.1) is 0 Å². The molecule has 1 atom stereocenters. The summed E-state index contributed by atoms with van der Waals surface area (Å²) in [5.41, 5.74) is 3.06. The van der Waals surface area contributed by atoms with Crippen molar-refractivity contribution in [1.29, 1.82) is 0 Å². The molecule has 0 bridgehead atoms. The topological polar surface area (TPSA) is 52.6 Å². The average Bonchev–Trinajstić information content (AvgIpc) is 3.14. The number of carbonyl (C=O) groups is 1. The molecule has 1 unspecified atom stereocenters. The number of nitrogens with zero attached hydrogens (tertiary/aromatic N) is 1. The van der Waals surface area contributed by atoms with E-state index < -0.39 is 0 Å². The smallest absolute Gasteiger partial charge is 0.227 e. The fourth-order valence-corrected chi connectivity index (χ4v) is 2.84. The van der Waals surface area contributed by atoms with Gasteiger partial charge in [-0.05, 0) is 42.3 Å². The molecule has 2 aromatic carbocycles. The number of anilines is 1. The Morgan fingerprint density at radius 1 is 1.17 bits per heavy atom. The van der Waals surface area contributed by atoms with E-state index in [2.05, 4.69) is 34.5 Å². The zero-order valence-corrected chi connectivity index (χ0v) is 13.8. The Labute approximate surface area is 142 Å². The fourth-order valence-electron chi connectivity index (χ4n) is 2.84. The van der Waals surface area contributed by atoms with Gasteiger partial charge < -0.3 is 15.3 Å². The molecule has 24 heavy (non-hydrogen) atoms. The minimum absolute atomic E-state index is 0.0474. The molecule has 124 valence electrons. The molecule has 0 saturated carbocycles. The maximum atomic E-state index is 12.4. The first kappa shape index (κ1) is 16.1. The van der Waals surface area contributed by atoms with Gasteiger partial charge in [0, 0.05) is 25.3 Å². The Morgan fingerprint density at radius 2 is 1.92 bits per heavy atom. The van der Waals surface area contributed by atoms with Gasteiger partial charge in [-0.2, -0.15) is 0 Å². The first-order valence-electron chi connectivity index (χ1n) is 8.19. The first-order valence-corrected chi connectivity index (χ1v) is 8.19. The summed E-state index contributed by atoms with van der Waals surface area (Å²) in [4.78, 5) is 14.6. The number of rotatable bonds is 5. The molecule has 0 saturated heterocycles. The Morgan fingerprint density at radius 3 is 2.67 bits per heavy atom. The van der Waals surface area contributed by atoms with Crippen LogP contribution in [0.3, 0.4) is 0 Å². The maximum absolute atomic E-state index is 12.4. The molecule has 0 radical (unpaired) electrons. The number of phenols is 1. The number of aromatic hydroxyl groups is 1. The van der Waals surface area contributed by atoms with Crippen molar-refractivity contribution in [2.45, 2.75) is 19.4 Å². The standard InChI is InChI=1S/C20H22N2O2/c1-15(17-7-5-9-19(23)13-17)20(24)21-14-16-6-4-8-18(12-16)22-10-2-3-11-22/h2-9,12-13,15,23H,10-11,14H2,1H3,(H,21,24). The lowest BCUT2D eigenvalue weighted by atomic mass is 10.00. The van der Waals surface area contributed by atoms with Gasteiger partial charge in [-0.1, -0.05) is 36.4 Å². The molecule has 0 fully saturated rings. The van der Waals surface area contributed by atoms with Gasteiger partial charge in [0.1, 0.15) is 5.75 Å². The summed E-state index contributed by atoms with van der Waals surface area (Å²) in [6.45, 7) is 4.21. The quantitative estimate of drug-likeness (QED) is 0.831. The van der Waals surface area contributed by atoms with E-state index in [4.69, 9.17) is 0 Å². The SMILES string of the molecule is CC(C(=O)NCc1cccc(N2CC=CC2)c1)c1cccc(O)c1. The molecule has 0 aliphatic carbocycles. The maximum Gasteiger partial charge on any atom is 0.227 e. The molecule has 2 N–H and O–H groups in total. The Bertz CT molecular complexity index is 747. The lowest BCUT2D eigenvalue weighted by molar-refractivity contribution is -0.122. The molecule has 0 spiro atoms. The first-order chi connectivity index (χ1) is 11.6. The number of hydrogen-bond acceptors (Lipinski definition) is 3. The van der Waals surface area contributed by atoms with Crippen molar-refractivity contribution in [3.05, 3.63) is 71.8 Å². The average molecular weight is 322 g/mol. The number of benzene rings is 2. The van der Waals surface area contributed by atoms with Crippen molar-refractivity contribution in [3.8, 4) is 5.75 Å². The molecular weight excluding hydrogens is 300 g/mol. The molecule has 1 aliphatic rings. The summed E-state index contributed by atoms with van der Waals surface area (Å²) in [5, 5.41) is 12.5. The van der Waals surface area contributed by atoms with Crippen molar-refractivity contribution >= 4 is 11.6 Å². The van der Waals surface area contributed by atoms with E-state index >= 15 is 0 Å². The molecule has 0 aromatic heterocycles. The zero-order valence-electron chi connectivity index (χ0n) is 13.8. The van der Waals surface area contributed by atoms with Gasteiger partial charge >= 0.3 is 0 Å². The third kappa shape index (κ3) is 3.77. The van der Waals surface area contributed by atoms with Crippen molar-refractivity contribution in [1.82, 2.24) is 5.32 Å². The Hall–Kier alpha value is -2.75. The van der Waals surface area contributed by atoms with E-state index in [1.54, 1.807) is 18.2 Å². The predicted octanol–water partition coefficient (Wildman–Crippen LogP) is 3.19. The summed E-state index contributed by atoms with van der Waals surface area (Å²) in [5.74, 6) is -0.170. The van der Waals surface area contributed by atoms with Crippen LogP contribution in [0, 0.1) is 0 Å². The molecule has 1 heterocycles. The highest BCUT2D eigenvalue weighted by Crippen LogP contribution is 2.21. The van der Waals surface area contributed by atoms with E-state index in [0.29, 0.717) is 6.54 Å². The highest BCUT2D eigenvalue weighted by molar-refractivity contribution is 5.83. The van der Waals surface area contributed by atoms with Gasteiger partial charge in [-0.3, -0.25) is 4.79 Å². The molecule has 4 heteroatoms. The fraction of sp³-hybridized carbons (Fsp3) is 0.250. The normalized spacial score (nSPS) is 14.6. The molecule has 4 nitrogen and oxygen atoms in total. The second kappa shape index (κ2) is 7.21. The molecule has 2 aromatic rings. The van der Waals surface area contributed by atoms with Gasteiger partial charge in [0.2, 0.25) is 5.91 Å². The van der Waals surface area contributed by atoms with Gasteiger partial charge in [0.05, 0.1) is 5.92 Å². The number of hydrogen-bond donors (Lipinski definition) is 2. The largest absolute Gasteiger partial charge is 0.508 e. The minimum Gasteiger partial charge on any atom is -0.508 e. The summed E-state index contributed by atoms with van der Waals surface area (Å²) < 4.78 is 0. The molecule has 1 amide bonds. The number of phenolic OH excluding ortho intramolecular Hbond substituents is 1. The number of carbonyl (C=O) groups excluding carboxylic acids is 1. The van der Waals surface area contributed by atoms with E-state index in [1.165, 1.54) is 5.69 Å². The van der Waals surface area contributed by atoms with Gasteiger partial charge in [0.25, 0.3) is 0 Å². The summed E-state index contributed by atoms with van der Waals surface area (Å²) >= 11 is 0. The molecule has 3 rings (SSSR count). The highest BCUT2D eigenvalue weighted by atomic mass is 16.3. The summed E-state index contributed by atoms with van der Waals surface area (Å²) in [6, 6.07) is 15.1. The third-order valence-corrected chi connectivity index (χ3v) is 4.32. The Balaban J connectivity index is 1.60. The Kier molecular flexibility index (Phi) is 4.85. The highest BCUT2D eigenvalue weighted by Gasteiger charge is 2.15. The van der Waals surface area contributed by atoms with E-state index in [-0.39, 0.29) is 17.6 Å². The number of nitrogens with one attached hydrogen (secondary N) is 1. The monoisotopic (exact) mass is 322 g/mol. The summed E-state index contributed by atoms with van der Waals surface area (Å²) in [7, 11) is 0. The van der Waals surface area contributed by atoms with Crippen molar-refractivity contribution in [2.24, 2.45) is 0 Å². The van der Waals surface area contributed by atoms with Gasteiger partial charge in [-0.25, -0.2) is 0 Å². The lowest BCUT2D eigenvalue weighted by Crippen LogP contribution is -2.27. The van der Waals surface area contributed by atoms with E-state index in [0.717, 1.165) is 24.2 Å². The lowest BCUT2D eigenvalue weighted by Gasteiger charge is -2.19. The summed E-state index contributed by atoms with van der Waals surface area (Å²) in [6.07, 6.45) is 4.32. The minimum atomic E-state index is -0.303. The van der Waals surface area contributed by atoms with Crippen LogP contribution in [0.4, 0.5) is 5.69 Å². The molecule has 1 aliphatic heterocycles. The van der Waals surface area contributed by atoms with Crippen molar-refractivity contribution in [3.63, 3.8) is 0 Å². The van der Waals surface area contributed by atoms with Crippen LogP contribution < -0.4 is 10.2 Å². The van der Waals surface area contributed by atoms with Crippen LogP contribution in [0.25, 0.3) is 0 Å². The molecular formula is C20H22N2O2. The van der Waals surface area contributed by atoms with Crippen LogP contribution in [-0.2, 0) is 11.3 Å². The van der Waals surface area contributed by atoms with Crippen LogP contribution in [-0.4, -0.2) is 24.1 Å². The third-order valence-electron chi connectivity index (χ3n) is 4.32. The van der Waals surface area contributed by atoms with Gasteiger partial charge in [0.15, 0.2) is 0 Å². The second-order valence-corrected chi connectivity index (χ2v) is 6.08. The number of amides is 1. The van der Waals surface area contributed by atoms with E-state index in [1.807, 2.05) is 25.1 Å². The van der Waals surface area contributed by atoms with Crippen LogP contribution in [0.1, 0.15) is 24.0 Å².